The van der Waals surface area contributed by atoms with Crippen molar-refractivity contribution in [3.63, 3.8) is 0 Å². The lowest BCUT2D eigenvalue weighted by Crippen LogP contribution is -2.48. The Balaban J connectivity index is 2.22. The minimum atomic E-state index is -0.897. The highest BCUT2D eigenvalue weighted by molar-refractivity contribution is 5.82. The van der Waals surface area contributed by atoms with Crippen molar-refractivity contribution in [2.75, 3.05) is 0 Å². The molecule has 0 amide bonds. The molecule has 0 saturated carbocycles. The Morgan fingerprint density at radius 1 is 1.35 bits per heavy atom. The van der Waals surface area contributed by atoms with Crippen LogP contribution in [-0.2, 0) is 11.3 Å². The zero-order valence-corrected chi connectivity index (χ0v) is 11.9. The predicted molar refractivity (Wildman–Crippen MR) is 79.5 cm³/mol. The molecular weight excluding hydrogens is 252 g/mol. The van der Waals surface area contributed by atoms with Crippen LogP contribution in [0, 0.1) is 0 Å². The molecule has 4 heteroatoms. The smallest absolute Gasteiger partial charge is 0.323 e. The third kappa shape index (κ3) is 2.96. The van der Waals surface area contributed by atoms with Crippen molar-refractivity contribution in [2.24, 2.45) is 0 Å². The van der Waals surface area contributed by atoms with Gasteiger partial charge in [0, 0.05) is 18.1 Å². The second kappa shape index (κ2) is 6.01. The summed E-state index contributed by atoms with van der Waals surface area (Å²) in [6.45, 7) is 4.22. The molecule has 1 aromatic heterocycles. The van der Waals surface area contributed by atoms with Crippen molar-refractivity contribution in [1.82, 2.24) is 10.3 Å². The third-order valence-electron chi connectivity index (χ3n) is 3.61. The van der Waals surface area contributed by atoms with Crippen molar-refractivity contribution < 1.29 is 9.90 Å². The fraction of sp³-hybridized carbons (Fsp3) is 0.375. The van der Waals surface area contributed by atoms with Crippen molar-refractivity contribution in [3.05, 3.63) is 42.1 Å². The lowest BCUT2D eigenvalue weighted by molar-refractivity contribution is -0.144. The number of pyridine rings is 1. The molecule has 0 spiro atoms. The number of aromatic nitrogens is 1. The summed E-state index contributed by atoms with van der Waals surface area (Å²) < 4.78 is 0. The number of hydrogen-bond donors (Lipinski definition) is 2. The monoisotopic (exact) mass is 272 g/mol. The van der Waals surface area contributed by atoms with Crippen molar-refractivity contribution >= 4 is 16.9 Å². The fourth-order valence-electron chi connectivity index (χ4n) is 2.37. The first-order valence-electron chi connectivity index (χ1n) is 6.88. The first kappa shape index (κ1) is 14.5. The molecule has 0 bridgehead atoms. The molecule has 0 fully saturated rings. The number of rotatable bonds is 6. The van der Waals surface area contributed by atoms with Gasteiger partial charge in [0.15, 0.2) is 0 Å². The zero-order chi connectivity index (χ0) is 14.6. The lowest BCUT2D eigenvalue weighted by atomic mass is 9.95. The van der Waals surface area contributed by atoms with Gasteiger partial charge in [-0.05, 0) is 25.0 Å². The van der Waals surface area contributed by atoms with Gasteiger partial charge in [0.2, 0.25) is 0 Å². The van der Waals surface area contributed by atoms with E-state index in [2.05, 4.69) is 10.3 Å². The van der Waals surface area contributed by atoms with E-state index in [4.69, 9.17) is 0 Å². The highest BCUT2D eigenvalue weighted by Crippen LogP contribution is 2.18. The van der Waals surface area contributed by atoms with Crippen LogP contribution in [0.15, 0.2) is 36.5 Å². The summed E-state index contributed by atoms with van der Waals surface area (Å²) in [5, 5.41) is 13.6. The van der Waals surface area contributed by atoms with Crippen LogP contribution in [0.1, 0.15) is 32.3 Å². The maximum Gasteiger partial charge on any atom is 0.323 e. The van der Waals surface area contributed by atoms with Crippen LogP contribution in [0.4, 0.5) is 0 Å². The summed E-state index contributed by atoms with van der Waals surface area (Å²) in [6.07, 6.45) is 3.18. The molecule has 0 saturated heterocycles. The molecule has 2 aromatic rings. The maximum absolute atomic E-state index is 11.4. The molecule has 0 aliphatic rings. The van der Waals surface area contributed by atoms with E-state index >= 15 is 0 Å². The summed E-state index contributed by atoms with van der Waals surface area (Å²) in [4.78, 5) is 15.8. The molecule has 1 atom stereocenters. The van der Waals surface area contributed by atoms with Gasteiger partial charge in [-0.2, -0.15) is 0 Å². The van der Waals surface area contributed by atoms with Crippen molar-refractivity contribution in [2.45, 2.75) is 38.8 Å². The van der Waals surface area contributed by atoms with Gasteiger partial charge >= 0.3 is 5.97 Å². The number of aliphatic carboxylic acids is 1. The number of hydrogen-bond acceptors (Lipinski definition) is 3. The van der Waals surface area contributed by atoms with Crippen LogP contribution >= 0.6 is 0 Å². The first-order chi connectivity index (χ1) is 9.57. The van der Waals surface area contributed by atoms with Crippen LogP contribution < -0.4 is 5.32 Å². The van der Waals surface area contributed by atoms with Gasteiger partial charge in [0.1, 0.15) is 5.54 Å². The van der Waals surface area contributed by atoms with Crippen molar-refractivity contribution in [3.8, 4) is 0 Å². The minimum Gasteiger partial charge on any atom is -0.480 e. The van der Waals surface area contributed by atoms with Crippen LogP contribution in [0.5, 0.6) is 0 Å². The van der Waals surface area contributed by atoms with Gasteiger partial charge in [0.25, 0.3) is 0 Å². The van der Waals surface area contributed by atoms with Gasteiger partial charge in [-0.25, -0.2) is 0 Å². The number of para-hydroxylation sites is 1. The van der Waals surface area contributed by atoms with E-state index in [-0.39, 0.29) is 0 Å². The third-order valence-corrected chi connectivity index (χ3v) is 3.61. The highest BCUT2D eigenvalue weighted by Gasteiger charge is 2.31. The molecule has 2 N–H and O–H groups in total. The first-order valence-corrected chi connectivity index (χ1v) is 6.88. The number of carbonyl (C=O) groups is 1. The average Bonchev–Trinajstić information content (AvgIpc) is 2.45. The topological polar surface area (TPSA) is 62.2 Å². The van der Waals surface area contributed by atoms with E-state index < -0.39 is 11.5 Å². The summed E-state index contributed by atoms with van der Waals surface area (Å²) in [6, 6.07) is 9.87. The number of carboxylic acids is 1. The standard InChI is InChI=1S/C16H20N2O2/c1-3-9-16(2,15(19)20)18-11-13-7-4-6-12-8-5-10-17-14(12)13/h4-8,10,18H,3,9,11H2,1-2H3,(H,19,20). The van der Waals surface area contributed by atoms with E-state index in [1.54, 1.807) is 13.1 Å². The van der Waals surface area contributed by atoms with Crippen LogP contribution in [0.2, 0.25) is 0 Å². The normalized spacial score (nSPS) is 14.1. The number of benzene rings is 1. The summed E-state index contributed by atoms with van der Waals surface area (Å²) in [5.74, 6) is -0.812. The second-order valence-corrected chi connectivity index (χ2v) is 5.23. The zero-order valence-electron chi connectivity index (χ0n) is 11.9. The van der Waals surface area contributed by atoms with E-state index in [1.165, 1.54) is 0 Å². The van der Waals surface area contributed by atoms with Crippen molar-refractivity contribution in [1.29, 1.82) is 0 Å². The highest BCUT2D eigenvalue weighted by atomic mass is 16.4. The van der Waals surface area contributed by atoms with Gasteiger partial charge in [-0.1, -0.05) is 37.6 Å². The Kier molecular flexibility index (Phi) is 4.35. The summed E-state index contributed by atoms with van der Waals surface area (Å²) in [7, 11) is 0. The van der Waals surface area contributed by atoms with Crippen LogP contribution in [0.3, 0.4) is 0 Å². The Hall–Kier alpha value is -1.94. The Morgan fingerprint density at radius 2 is 2.10 bits per heavy atom. The SMILES string of the molecule is CCCC(C)(NCc1cccc2cccnc12)C(=O)O. The van der Waals surface area contributed by atoms with E-state index in [1.807, 2.05) is 37.3 Å². The Labute approximate surface area is 118 Å². The van der Waals surface area contributed by atoms with Gasteiger partial charge in [0.05, 0.1) is 5.52 Å². The van der Waals surface area contributed by atoms with Crippen LogP contribution in [0.25, 0.3) is 10.9 Å². The molecule has 4 nitrogen and oxygen atoms in total. The number of nitrogens with one attached hydrogen (secondary N) is 1. The number of nitrogens with zero attached hydrogens (tertiary/aromatic N) is 1. The van der Waals surface area contributed by atoms with Gasteiger partial charge < -0.3 is 5.11 Å². The molecule has 20 heavy (non-hydrogen) atoms. The van der Waals surface area contributed by atoms with E-state index in [0.717, 1.165) is 22.9 Å². The summed E-state index contributed by atoms with van der Waals surface area (Å²) in [5.41, 5.74) is 1.05. The second-order valence-electron chi connectivity index (χ2n) is 5.23. The van der Waals surface area contributed by atoms with E-state index in [9.17, 15) is 9.90 Å². The molecule has 1 heterocycles. The molecular formula is C16H20N2O2. The largest absolute Gasteiger partial charge is 0.480 e. The molecule has 106 valence electrons. The lowest BCUT2D eigenvalue weighted by Gasteiger charge is -2.26. The Bertz CT molecular complexity index is 607. The molecule has 2 rings (SSSR count). The van der Waals surface area contributed by atoms with Crippen LogP contribution in [-0.4, -0.2) is 21.6 Å². The van der Waals surface area contributed by atoms with E-state index in [0.29, 0.717) is 13.0 Å². The Morgan fingerprint density at radius 3 is 2.80 bits per heavy atom. The minimum absolute atomic E-state index is 0.497. The average molecular weight is 272 g/mol. The molecule has 0 radical (unpaired) electrons. The molecule has 0 aliphatic heterocycles. The molecule has 1 unspecified atom stereocenters. The fourth-order valence-corrected chi connectivity index (χ4v) is 2.37. The predicted octanol–water partition coefficient (Wildman–Crippen LogP) is 2.97. The van der Waals surface area contributed by atoms with Gasteiger partial charge in [-0.3, -0.25) is 15.1 Å². The molecule has 0 aliphatic carbocycles. The quantitative estimate of drug-likeness (QED) is 0.848. The number of fused-ring (bicyclic) bond motifs is 1. The molecule has 1 aromatic carbocycles. The summed E-state index contributed by atoms with van der Waals surface area (Å²) >= 11 is 0. The number of carboxylic acid groups (broad SMARTS) is 1. The van der Waals surface area contributed by atoms with Gasteiger partial charge in [-0.15, -0.1) is 0 Å². The maximum atomic E-state index is 11.4.